The van der Waals surface area contributed by atoms with Crippen LogP contribution in [0.2, 0.25) is 5.02 Å². The molecule has 0 amide bonds. The summed E-state index contributed by atoms with van der Waals surface area (Å²) in [5.41, 5.74) is 1.74. The summed E-state index contributed by atoms with van der Waals surface area (Å²) in [4.78, 5) is 6.00. The van der Waals surface area contributed by atoms with Gasteiger partial charge in [-0.2, -0.15) is 0 Å². The Morgan fingerprint density at radius 1 is 1.45 bits per heavy atom. The van der Waals surface area contributed by atoms with Gasteiger partial charge in [0.2, 0.25) is 0 Å². The van der Waals surface area contributed by atoms with E-state index in [0.717, 1.165) is 11.6 Å². The summed E-state index contributed by atoms with van der Waals surface area (Å²) in [6, 6.07) is 4.81. The molecule has 1 fully saturated rings. The molecule has 0 atom stereocenters. The minimum absolute atomic E-state index is 0.254. The summed E-state index contributed by atoms with van der Waals surface area (Å²) in [5, 5.41) is 4.60. The van der Waals surface area contributed by atoms with Crippen LogP contribution in [0.15, 0.2) is 18.2 Å². The van der Waals surface area contributed by atoms with E-state index >= 15 is 0 Å². The molecule has 1 aromatic heterocycles. The molecule has 0 bridgehead atoms. The molecule has 1 saturated carbocycles. The number of halogens is 2. The summed E-state index contributed by atoms with van der Waals surface area (Å²) < 4.78 is 13.8. The minimum Gasteiger partial charge on any atom is -0.315 e. The SMILES string of the molecule is CNCc1sc(Cc2c(F)cccc2Cl)nc1C1CC1. The van der Waals surface area contributed by atoms with E-state index in [1.54, 1.807) is 23.5 Å². The fourth-order valence-corrected chi connectivity index (χ4v) is 3.71. The molecule has 0 aliphatic heterocycles. The summed E-state index contributed by atoms with van der Waals surface area (Å²) in [5.74, 6) is 0.357. The Labute approximate surface area is 127 Å². The predicted octanol–water partition coefficient (Wildman–Crippen LogP) is 4.12. The van der Waals surface area contributed by atoms with E-state index < -0.39 is 0 Å². The van der Waals surface area contributed by atoms with E-state index in [1.165, 1.54) is 29.5 Å². The summed E-state index contributed by atoms with van der Waals surface area (Å²) in [6.07, 6.45) is 2.92. The molecule has 1 aromatic carbocycles. The van der Waals surface area contributed by atoms with Crippen LogP contribution >= 0.6 is 22.9 Å². The summed E-state index contributed by atoms with van der Waals surface area (Å²) >= 11 is 7.75. The van der Waals surface area contributed by atoms with Crippen molar-refractivity contribution < 1.29 is 4.39 Å². The van der Waals surface area contributed by atoms with E-state index in [1.807, 2.05) is 7.05 Å². The Kier molecular flexibility index (Phi) is 4.06. The zero-order chi connectivity index (χ0) is 14.1. The van der Waals surface area contributed by atoms with Crippen LogP contribution < -0.4 is 5.32 Å². The lowest BCUT2D eigenvalue weighted by Gasteiger charge is -2.02. The van der Waals surface area contributed by atoms with E-state index in [4.69, 9.17) is 16.6 Å². The third-order valence-electron chi connectivity index (χ3n) is 3.46. The van der Waals surface area contributed by atoms with Gasteiger partial charge < -0.3 is 5.32 Å². The standard InChI is InChI=1S/C15H16ClFN2S/c1-18-8-13-15(9-5-6-9)19-14(20-13)7-10-11(16)3-2-4-12(10)17/h2-4,9,18H,5-8H2,1H3. The molecule has 0 radical (unpaired) electrons. The van der Waals surface area contributed by atoms with Gasteiger partial charge in [-0.3, -0.25) is 0 Å². The Balaban J connectivity index is 1.89. The molecule has 3 rings (SSSR count). The number of hydrogen-bond acceptors (Lipinski definition) is 3. The Morgan fingerprint density at radius 3 is 2.90 bits per heavy atom. The molecular formula is C15H16ClFN2S. The van der Waals surface area contributed by atoms with Crippen molar-refractivity contribution in [3.63, 3.8) is 0 Å². The number of thiazole rings is 1. The largest absolute Gasteiger partial charge is 0.315 e. The number of rotatable bonds is 5. The van der Waals surface area contributed by atoms with Crippen LogP contribution in [-0.4, -0.2) is 12.0 Å². The van der Waals surface area contributed by atoms with Gasteiger partial charge in [-0.15, -0.1) is 11.3 Å². The lowest BCUT2D eigenvalue weighted by molar-refractivity contribution is 0.614. The highest BCUT2D eigenvalue weighted by Gasteiger charge is 2.29. The van der Waals surface area contributed by atoms with Crippen molar-refractivity contribution in [1.82, 2.24) is 10.3 Å². The maximum Gasteiger partial charge on any atom is 0.128 e. The third-order valence-corrected chi connectivity index (χ3v) is 4.89. The number of benzene rings is 1. The molecule has 2 aromatic rings. The van der Waals surface area contributed by atoms with Crippen molar-refractivity contribution in [3.05, 3.63) is 50.2 Å². The monoisotopic (exact) mass is 310 g/mol. The molecule has 2 nitrogen and oxygen atoms in total. The molecule has 106 valence electrons. The normalized spacial score (nSPS) is 14.8. The molecular weight excluding hydrogens is 295 g/mol. The average Bonchev–Trinajstić information content (AvgIpc) is 3.18. The average molecular weight is 311 g/mol. The molecule has 1 aliphatic rings. The summed E-state index contributed by atoms with van der Waals surface area (Å²) in [6.45, 7) is 0.828. The highest BCUT2D eigenvalue weighted by atomic mass is 35.5. The second-order valence-electron chi connectivity index (χ2n) is 5.10. The van der Waals surface area contributed by atoms with Crippen LogP contribution in [0.3, 0.4) is 0 Å². The number of hydrogen-bond donors (Lipinski definition) is 1. The maximum absolute atomic E-state index is 13.8. The van der Waals surface area contributed by atoms with Crippen molar-refractivity contribution in [2.75, 3.05) is 7.05 Å². The van der Waals surface area contributed by atoms with E-state index in [2.05, 4.69) is 5.32 Å². The van der Waals surface area contributed by atoms with Crippen LogP contribution in [0.5, 0.6) is 0 Å². The second kappa shape index (κ2) is 5.80. The van der Waals surface area contributed by atoms with Crippen molar-refractivity contribution in [2.45, 2.75) is 31.7 Å². The van der Waals surface area contributed by atoms with Gasteiger partial charge in [0.15, 0.2) is 0 Å². The molecule has 1 aliphatic carbocycles. The quantitative estimate of drug-likeness (QED) is 0.898. The molecule has 5 heteroatoms. The first-order valence-electron chi connectivity index (χ1n) is 6.75. The van der Waals surface area contributed by atoms with E-state index in [9.17, 15) is 4.39 Å². The molecule has 0 saturated heterocycles. The highest BCUT2D eigenvalue weighted by molar-refractivity contribution is 7.11. The second-order valence-corrected chi connectivity index (χ2v) is 6.67. The van der Waals surface area contributed by atoms with Crippen LogP contribution in [0.1, 0.15) is 39.9 Å². The lowest BCUT2D eigenvalue weighted by Crippen LogP contribution is -2.05. The van der Waals surface area contributed by atoms with Gasteiger partial charge >= 0.3 is 0 Å². The Hall–Kier alpha value is -0.970. The van der Waals surface area contributed by atoms with Crippen molar-refractivity contribution in [2.24, 2.45) is 0 Å². The van der Waals surface area contributed by atoms with Gasteiger partial charge in [0.05, 0.1) is 10.7 Å². The van der Waals surface area contributed by atoms with Crippen LogP contribution in [0, 0.1) is 5.82 Å². The van der Waals surface area contributed by atoms with Crippen LogP contribution in [-0.2, 0) is 13.0 Å². The van der Waals surface area contributed by atoms with E-state index in [-0.39, 0.29) is 5.82 Å². The zero-order valence-corrected chi connectivity index (χ0v) is 12.8. The molecule has 1 heterocycles. The molecule has 1 N–H and O–H groups in total. The van der Waals surface area contributed by atoms with Gasteiger partial charge in [0.25, 0.3) is 0 Å². The summed E-state index contributed by atoms with van der Waals surface area (Å²) in [7, 11) is 1.93. The first-order valence-corrected chi connectivity index (χ1v) is 7.94. The van der Waals surface area contributed by atoms with E-state index in [0.29, 0.717) is 22.9 Å². The van der Waals surface area contributed by atoms with Gasteiger partial charge in [0, 0.05) is 34.3 Å². The lowest BCUT2D eigenvalue weighted by atomic mass is 10.1. The fraction of sp³-hybridized carbons (Fsp3) is 0.400. The van der Waals surface area contributed by atoms with Gasteiger partial charge in [-0.05, 0) is 32.0 Å². The Bertz CT molecular complexity index is 602. The molecule has 0 spiro atoms. The minimum atomic E-state index is -0.254. The maximum atomic E-state index is 13.8. The zero-order valence-electron chi connectivity index (χ0n) is 11.2. The molecule has 20 heavy (non-hydrogen) atoms. The van der Waals surface area contributed by atoms with Crippen molar-refractivity contribution in [1.29, 1.82) is 0 Å². The van der Waals surface area contributed by atoms with Crippen LogP contribution in [0.25, 0.3) is 0 Å². The van der Waals surface area contributed by atoms with Crippen molar-refractivity contribution >= 4 is 22.9 Å². The predicted molar refractivity (Wildman–Crippen MR) is 81.1 cm³/mol. The fourth-order valence-electron chi connectivity index (χ4n) is 2.30. The smallest absolute Gasteiger partial charge is 0.128 e. The van der Waals surface area contributed by atoms with Crippen molar-refractivity contribution in [3.8, 4) is 0 Å². The van der Waals surface area contributed by atoms with Gasteiger partial charge in [-0.1, -0.05) is 17.7 Å². The topological polar surface area (TPSA) is 24.9 Å². The number of nitrogens with zero attached hydrogens (tertiary/aromatic N) is 1. The first kappa shape index (κ1) is 14.0. The molecule has 0 unspecified atom stereocenters. The third kappa shape index (κ3) is 2.87. The van der Waals surface area contributed by atoms with Crippen LogP contribution in [0.4, 0.5) is 4.39 Å². The number of nitrogens with one attached hydrogen (secondary N) is 1. The van der Waals surface area contributed by atoms with Gasteiger partial charge in [0.1, 0.15) is 5.82 Å². The Morgan fingerprint density at radius 2 is 2.25 bits per heavy atom. The first-order chi connectivity index (χ1) is 9.69. The number of aromatic nitrogens is 1. The van der Waals surface area contributed by atoms with Gasteiger partial charge in [-0.25, -0.2) is 9.37 Å². The highest BCUT2D eigenvalue weighted by Crippen LogP contribution is 2.43.